The molecule has 6 nitrogen and oxygen atoms in total. The summed E-state index contributed by atoms with van der Waals surface area (Å²) in [5.41, 5.74) is 1.83. The maximum Gasteiger partial charge on any atom is 0.145 e. The third-order valence-corrected chi connectivity index (χ3v) is 3.92. The Morgan fingerprint density at radius 3 is 2.48 bits per heavy atom. The van der Waals surface area contributed by atoms with Crippen LogP contribution in [0, 0.1) is 6.92 Å². The molecule has 0 fully saturated rings. The Labute approximate surface area is 144 Å². The van der Waals surface area contributed by atoms with E-state index in [0.29, 0.717) is 22.4 Å². The molecule has 0 unspecified atom stereocenters. The second kappa shape index (κ2) is 7.11. The fraction of sp³-hybridized carbons (Fsp3) is 0.105. The van der Waals surface area contributed by atoms with Crippen molar-refractivity contribution in [1.29, 1.82) is 0 Å². The highest BCUT2D eigenvalue weighted by Crippen LogP contribution is 2.25. The van der Waals surface area contributed by atoms with E-state index in [1.807, 2.05) is 30.3 Å². The van der Waals surface area contributed by atoms with Crippen molar-refractivity contribution in [3.8, 4) is 11.5 Å². The highest BCUT2D eigenvalue weighted by atomic mass is 16.3. The first kappa shape index (κ1) is 16.6. The number of aliphatic hydroxyl groups is 1. The number of fused-ring (bicyclic) bond motifs is 1. The van der Waals surface area contributed by atoms with Gasteiger partial charge in [0, 0.05) is 22.9 Å². The Morgan fingerprint density at radius 1 is 1.00 bits per heavy atom. The number of phenolic OH excluding ortho intramolecular Hbond substituents is 1. The molecule has 6 heteroatoms. The molecule has 0 aliphatic rings. The fourth-order valence-electron chi connectivity index (χ4n) is 2.52. The van der Waals surface area contributed by atoms with E-state index in [-0.39, 0.29) is 18.1 Å². The van der Waals surface area contributed by atoms with Gasteiger partial charge in [-0.15, -0.1) is 0 Å². The van der Waals surface area contributed by atoms with Crippen LogP contribution in [0.25, 0.3) is 10.8 Å². The molecule has 25 heavy (non-hydrogen) atoms. The van der Waals surface area contributed by atoms with Crippen LogP contribution in [-0.2, 0) is 6.61 Å². The first-order chi connectivity index (χ1) is 12.1. The van der Waals surface area contributed by atoms with E-state index in [2.05, 4.69) is 15.2 Å². The van der Waals surface area contributed by atoms with Crippen molar-refractivity contribution in [3.05, 3.63) is 65.0 Å². The summed E-state index contributed by atoms with van der Waals surface area (Å²) in [4.78, 5) is 3.99. The Hall–Kier alpha value is -3.25. The third kappa shape index (κ3) is 3.34. The minimum atomic E-state index is -0.268. The van der Waals surface area contributed by atoms with Gasteiger partial charge in [0.2, 0.25) is 0 Å². The number of hydrogen-bond acceptors (Lipinski definition) is 6. The number of nitrogens with zero attached hydrogens (tertiary/aromatic N) is 3. The Kier molecular flexibility index (Phi) is 4.72. The maximum absolute atomic E-state index is 10.1. The first-order valence-electron chi connectivity index (χ1n) is 7.67. The molecule has 0 saturated carbocycles. The minimum Gasteiger partial charge on any atom is -0.507 e. The molecular formula is C19H17N3O3. The van der Waals surface area contributed by atoms with Crippen LogP contribution in [0.3, 0.4) is 0 Å². The zero-order valence-electron chi connectivity index (χ0n) is 13.6. The minimum absolute atomic E-state index is 0.0430. The lowest BCUT2D eigenvalue weighted by Gasteiger charge is -2.06. The Morgan fingerprint density at radius 2 is 1.72 bits per heavy atom. The van der Waals surface area contributed by atoms with Crippen LogP contribution in [0.15, 0.2) is 52.8 Å². The standard InChI is InChI=1S/C19H17N3O3/c1-12-19(25)16(14(11-23)8-20-12)9-21-22-10-17-15-5-3-2-4-13(15)6-7-18(17)24/h2-10,23-25H,11H2,1H3/b21-9-,22-10-. The zero-order valence-corrected chi connectivity index (χ0v) is 13.6. The van der Waals surface area contributed by atoms with E-state index < -0.39 is 0 Å². The van der Waals surface area contributed by atoms with Crippen molar-refractivity contribution in [3.63, 3.8) is 0 Å². The van der Waals surface area contributed by atoms with Crippen molar-refractivity contribution in [1.82, 2.24) is 4.98 Å². The topological polar surface area (TPSA) is 98.3 Å². The van der Waals surface area contributed by atoms with Gasteiger partial charge in [0.1, 0.15) is 11.5 Å². The van der Waals surface area contributed by atoms with Gasteiger partial charge in [-0.2, -0.15) is 10.2 Å². The first-order valence-corrected chi connectivity index (χ1v) is 7.67. The van der Waals surface area contributed by atoms with Gasteiger partial charge in [-0.05, 0) is 23.8 Å². The molecule has 3 aromatic rings. The Bertz CT molecular complexity index is 981. The molecule has 0 amide bonds. The number of aromatic nitrogens is 1. The van der Waals surface area contributed by atoms with Crippen molar-refractivity contribution in [2.24, 2.45) is 10.2 Å². The van der Waals surface area contributed by atoms with E-state index in [1.54, 1.807) is 13.0 Å². The number of aliphatic hydroxyl groups excluding tert-OH is 1. The maximum atomic E-state index is 10.1. The lowest BCUT2D eigenvalue weighted by molar-refractivity contribution is 0.280. The molecular weight excluding hydrogens is 318 g/mol. The summed E-state index contributed by atoms with van der Waals surface area (Å²) in [6, 6.07) is 11.1. The predicted octanol–water partition coefficient (Wildman–Crippen LogP) is 2.90. The van der Waals surface area contributed by atoms with E-state index in [9.17, 15) is 15.3 Å². The summed E-state index contributed by atoms with van der Waals surface area (Å²) in [5.74, 6) is 0.0646. The molecule has 3 N–H and O–H groups in total. The SMILES string of the molecule is Cc1ncc(CO)c(/C=N\N=C/c2c(O)ccc3ccccc23)c1O. The van der Waals surface area contributed by atoms with E-state index in [0.717, 1.165) is 10.8 Å². The summed E-state index contributed by atoms with van der Waals surface area (Å²) in [5, 5.41) is 39.2. The number of benzene rings is 2. The monoisotopic (exact) mass is 335 g/mol. The highest BCUT2D eigenvalue weighted by Gasteiger charge is 2.09. The number of rotatable bonds is 4. The average Bonchev–Trinajstić information content (AvgIpc) is 2.63. The van der Waals surface area contributed by atoms with Crippen LogP contribution in [-0.4, -0.2) is 32.7 Å². The quantitative estimate of drug-likeness (QED) is 0.504. The predicted molar refractivity (Wildman–Crippen MR) is 97.4 cm³/mol. The van der Waals surface area contributed by atoms with E-state index in [4.69, 9.17) is 0 Å². The average molecular weight is 335 g/mol. The molecule has 0 atom stereocenters. The Balaban J connectivity index is 1.94. The summed E-state index contributed by atoms with van der Waals surface area (Å²) in [7, 11) is 0. The number of aryl methyl sites for hydroxylation is 1. The lowest BCUT2D eigenvalue weighted by atomic mass is 10.0. The molecule has 126 valence electrons. The normalized spacial score (nSPS) is 11.8. The molecule has 1 heterocycles. The molecule has 2 aromatic carbocycles. The van der Waals surface area contributed by atoms with Gasteiger partial charge in [-0.3, -0.25) is 4.98 Å². The molecule has 3 rings (SSSR count). The van der Waals surface area contributed by atoms with Crippen molar-refractivity contribution in [2.75, 3.05) is 0 Å². The lowest BCUT2D eigenvalue weighted by Crippen LogP contribution is -1.97. The van der Waals surface area contributed by atoms with Gasteiger partial charge in [-0.1, -0.05) is 30.3 Å². The molecule has 0 bridgehead atoms. The largest absolute Gasteiger partial charge is 0.507 e. The van der Waals surface area contributed by atoms with Crippen LogP contribution >= 0.6 is 0 Å². The van der Waals surface area contributed by atoms with Crippen LogP contribution in [0.4, 0.5) is 0 Å². The van der Waals surface area contributed by atoms with Gasteiger partial charge in [-0.25, -0.2) is 0 Å². The number of pyridine rings is 1. The zero-order chi connectivity index (χ0) is 17.8. The number of aromatic hydroxyl groups is 2. The van der Waals surface area contributed by atoms with Crippen LogP contribution in [0.5, 0.6) is 11.5 Å². The van der Waals surface area contributed by atoms with Gasteiger partial charge >= 0.3 is 0 Å². The summed E-state index contributed by atoms with van der Waals surface area (Å²) in [6.45, 7) is 1.39. The number of phenols is 1. The van der Waals surface area contributed by atoms with Crippen molar-refractivity contribution >= 4 is 23.2 Å². The molecule has 0 radical (unpaired) electrons. The van der Waals surface area contributed by atoms with Gasteiger partial charge in [0.05, 0.1) is 24.7 Å². The van der Waals surface area contributed by atoms with Crippen molar-refractivity contribution < 1.29 is 15.3 Å². The van der Waals surface area contributed by atoms with Crippen LogP contribution < -0.4 is 0 Å². The molecule has 1 aromatic heterocycles. The molecule has 0 aliphatic carbocycles. The van der Waals surface area contributed by atoms with Gasteiger partial charge in [0.15, 0.2) is 0 Å². The van der Waals surface area contributed by atoms with E-state index >= 15 is 0 Å². The summed E-state index contributed by atoms with van der Waals surface area (Å²) >= 11 is 0. The summed E-state index contributed by atoms with van der Waals surface area (Å²) < 4.78 is 0. The second-order valence-electron chi connectivity index (χ2n) is 5.50. The van der Waals surface area contributed by atoms with Crippen LogP contribution in [0.2, 0.25) is 0 Å². The summed E-state index contributed by atoms with van der Waals surface area (Å²) in [6.07, 6.45) is 4.29. The number of hydrogen-bond donors (Lipinski definition) is 3. The van der Waals surface area contributed by atoms with Crippen LogP contribution in [0.1, 0.15) is 22.4 Å². The van der Waals surface area contributed by atoms with Gasteiger partial charge < -0.3 is 15.3 Å². The van der Waals surface area contributed by atoms with E-state index in [1.165, 1.54) is 18.6 Å². The highest BCUT2D eigenvalue weighted by molar-refractivity contribution is 6.02. The van der Waals surface area contributed by atoms with Gasteiger partial charge in [0.25, 0.3) is 0 Å². The smallest absolute Gasteiger partial charge is 0.145 e. The fourth-order valence-corrected chi connectivity index (χ4v) is 2.52. The second-order valence-corrected chi connectivity index (χ2v) is 5.50. The molecule has 0 aliphatic heterocycles. The van der Waals surface area contributed by atoms with Crippen molar-refractivity contribution in [2.45, 2.75) is 13.5 Å². The third-order valence-electron chi connectivity index (χ3n) is 3.92. The molecule has 0 spiro atoms. The molecule has 0 saturated heterocycles.